The molecule has 2 nitrogen and oxygen atoms in total. The molecular weight excluding hydrogens is 272 g/mol. The zero-order valence-electron chi connectivity index (χ0n) is 13.2. The molecule has 1 rings (SSSR count). The summed E-state index contributed by atoms with van der Waals surface area (Å²) >= 11 is 0. The number of unbranched alkanes of at least 4 members (excludes halogenated alkanes) is 3. The summed E-state index contributed by atoms with van der Waals surface area (Å²) in [5.74, 6) is 0.202. The summed E-state index contributed by atoms with van der Waals surface area (Å²) in [6.07, 6.45) is 6.25. The molecule has 0 aliphatic rings. The zero-order valence-corrected chi connectivity index (χ0v) is 13.2. The average Bonchev–Trinajstić information content (AvgIpc) is 2.43. The van der Waals surface area contributed by atoms with Crippen LogP contribution in [0.4, 0.5) is 8.78 Å². The molecule has 1 aromatic carbocycles. The highest BCUT2D eigenvalue weighted by molar-refractivity contribution is 5.29. The average molecular weight is 299 g/mol. The van der Waals surface area contributed by atoms with Crippen LogP contribution in [-0.4, -0.2) is 12.7 Å². The lowest BCUT2D eigenvalue weighted by Crippen LogP contribution is -2.28. The summed E-state index contributed by atoms with van der Waals surface area (Å²) in [6, 6.07) is 7.50. The Kier molecular flexibility index (Phi) is 8.28. The molecule has 0 spiro atoms. The van der Waals surface area contributed by atoms with Gasteiger partial charge in [-0.1, -0.05) is 44.7 Å². The number of rotatable bonds is 10. The van der Waals surface area contributed by atoms with E-state index in [2.05, 4.69) is 30.8 Å². The second-order valence-electron chi connectivity index (χ2n) is 5.59. The van der Waals surface area contributed by atoms with Crippen LogP contribution < -0.4 is 10.1 Å². The quantitative estimate of drug-likeness (QED) is 0.592. The van der Waals surface area contributed by atoms with Gasteiger partial charge in [0.15, 0.2) is 0 Å². The molecule has 0 radical (unpaired) electrons. The predicted molar refractivity (Wildman–Crippen MR) is 82.8 cm³/mol. The maximum Gasteiger partial charge on any atom is 0.387 e. The summed E-state index contributed by atoms with van der Waals surface area (Å²) in [6.45, 7) is 3.72. The first-order valence-corrected chi connectivity index (χ1v) is 7.83. The van der Waals surface area contributed by atoms with Crippen molar-refractivity contribution in [2.45, 2.75) is 71.6 Å². The van der Waals surface area contributed by atoms with E-state index in [0.717, 1.165) is 12.0 Å². The molecule has 0 aromatic heterocycles. The van der Waals surface area contributed by atoms with Crippen LogP contribution in [0.2, 0.25) is 0 Å². The smallest absolute Gasteiger partial charge is 0.387 e. The van der Waals surface area contributed by atoms with Crippen LogP contribution in [-0.2, 0) is 0 Å². The van der Waals surface area contributed by atoms with Gasteiger partial charge in [-0.15, -0.1) is 0 Å². The fourth-order valence-corrected chi connectivity index (χ4v) is 2.42. The van der Waals surface area contributed by atoms with Crippen molar-refractivity contribution in [3.63, 3.8) is 0 Å². The second kappa shape index (κ2) is 9.72. The van der Waals surface area contributed by atoms with Crippen molar-refractivity contribution in [3.8, 4) is 5.75 Å². The Morgan fingerprint density at radius 1 is 1.05 bits per heavy atom. The van der Waals surface area contributed by atoms with Crippen LogP contribution in [0.15, 0.2) is 24.3 Å². The van der Waals surface area contributed by atoms with E-state index in [4.69, 9.17) is 0 Å². The van der Waals surface area contributed by atoms with Crippen LogP contribution in [0.5, 0.6) is 5.75 Å². The lowest BCUT2D eigenvalue weighted by atomic mass is 10.0. The highest BCUT2D eigenvalue weighted by Gasteiger charge is 2.10. The first-order valence-electron chi connectivity index (χ1n) is 7.83. The van der Waals surface area contributed by atoms with E-state index in [0.29, 0.717) is 6.04 Å². The summed E-state index contributed by atoms with van der Waals surface area (Å²) in [7, 11) is 0. The first kappa shape index (κ1) is 17.9. The molecule has 0 heterocycles. The molecule has 4 heteroatoms. The van der Waals surface area contributed by atoms with Gasteiger partial charge in [0.05, 0.1) is 0 Å². The van der Waals surface area contributed by atoms with Crippen molar-refractivity contribution in [3.05, 3.63) is 29.8 Å². The minimum absolute atomic E-state index is 0.201. The van der Waals surface area contributed by atoms with E-state index in [1.807, 2.05) is 12.1 Å². The zero-order chi connectivity index (χ0) is 15.7. The van der Waals surface area contributed by atoms with Crippen LogP contribution in [0.25, 0.3) is 0 Å². The number of halogens is 2. The number of hydrogen-bond acceptors (Lipinski definition) is 2. The van der Waals surface area contributed by atoms with Crippen LogP contribution in [0, 0.1) is 0 Å². The van der Waals surface area contributed by atoms with Gasteiger partial charge in [-0.2, -0.15) is 8.78 Å². The topological polar surface area (TPSA) is 21.3 Å². The maximum atomic E-state index is 12.1. The molecule has 120 valence electrons. The molecule has 0 fully saturated rings. The number of nitrogens with one attached hydrogen (secondary N) is 1. The minimum atomic E-state index is -2.77. The van der Waals surface area contributed by atoms with E-state index < -0.39 is 6.61 Å². The Balaban J connectivity index is 2.38. The molecule has 2 unspecified atom stereocenters. The number of benzene rings is 1. The first-order chi connectivity index (χ1) is 10.0. The summed E-state index contributed by atoms with van der Waals surface area (Å²) in [4.78, 5) is 0. The van der Waals surface area contributed by atoms with E-state index in [1.165, 1.54) is 25.7 Å². The fraction of sp³-hybridized carbons (Fsp3) is 0.647. The van der Waals surface area contributed by atoms with Crippen molar-refractivity contribution in [2.75, 3.05) is 0 Å². The van der Waals surface area contributed by atoms with Gasteiger partial charge in [0.25, 0.3) is 0 Å². The Morgan fingerprint density at radius 2 is 1.71 bits per heavy atom. The van der Waals surface area contributed by atoms with Crippen LogP contribution in [0.1, 0.15) is 64.5 Å². The van der Waals surface area contributed by atoms with Gasteiger partial charge in [0.2, 0.25) is 0 Å². The number of hydrogen-bond donors (Lipinski definition) is 1. The lowest BCUT2D eigenvalue weighted by Gasteiger charge is -2.20. The second-order valence-corrected chi connectivity index (χ2v) is 5.59. The monoisotopic (exact) mass is 299 g/mol. The molecule has 0 bridgehead atoms. The largest absolute Gasteiger partial charge is 0.435 e. The van der Waals surface area contributed by atoms with Crippen molar-refractivity contribution in [1.29, 1.82) is 0 Å². The molecule has 1 N–H and O–H groups in total. The standard InChI is InChI=1S/C17H27F2NO/c1-4-5-6-7-8-13(2)20-14(3)15-9-11-16(12-10-15)21-17(18)19/h9-14,17,20H,4-8H2,1-3H3. The molecule has 2 atom stereocenters. The van der Waals surface area contributed by atoms with Gasteiger partial charge < -0.3 is 10.1 Å². The van der Waals surface area contributed by atoms with Gasteiger partial charge in [0, 0.05) is 12.1 Å². The molecule has 0 saturated carbocycles. The van der Waals surface area contributed by atoms with Crippen LogP contribution in [0.3, 0.4) is 0 Å². The highest BCUT2D eigenvalue weighted by Crippen LogP contribution is 2.20. The summed E-state index contributed by atoms with van der Waals surface area (Å²) < 4.78 is 28.5. The molecule has 1 aromatic rings. The number of ether oxygens (including phenoxy) is 1. The predicted octanol–water partition coefficient (Wildman–Crippen LogP) is 5.30. The van der Waals surface area contributed by atoms with E-state index in [1.54, 1.807) is 12.1 Å². The van der Waals surface area contributed by atoms with Gasteiger partial charge in [-0.25, -0.2) is 0 Å². The molecule has 0 saturated heterocycles. The molecule has 0 amide bonds. The van der Waals surface area contributed by atoms with Crippen molar-refractivity contribution in [1.82, 2.24) is 5.32 Å². The van der Waals surface area contributed by atoms with E-state index in [9.17, 15) is 8.78 Å². The normalized spacial score (nSPS) is 14.2. The third-order valence-corrected chi connectivity index (χ3v) is 3.63. The van der Waals surface area contributed by atoms with Crippen LogP contribution >= 0.6 is 0 Å². The SMILES string of the molecule is CCCCCCC(C)NC(C)c1ccc(OC(F)F)cc1. The summed E-state index contributed by atoms with van der Waals surface area (Å²) in [5, 5.41) is 3.54. The lowest BCUT2D eigenvalue weighted by molar-refractivity contribution is -0.0498. The molecular formula is C17H27F2NO. The fourth-order valence-electron chi connectivity index (χ4n) is 2.42. The molecule has 0 aliphatic heterocycles. The van der Waals surface area contributed by atoms with Gasteiger partial charge in [0.1, 0.15) is 5.75 Å². The molecule has 0 aliphatic carbocycles. The Morgan fingerprint density at radius 3 is 2.29 bits per heavy atom. The van der Waals surface area contributed by atoms with Gasteiger partial charge >= 0.3 is 6.61 Å². The van der Waals surface area contributed by atoms with Crippen molar-refractivity contribution >= 4 is 0 Å². The third kappa shape index (κ3) is 7.42. The Bertz CT molecular complexity index is 381. The van der Waals surface area contributed by atoms with E-state index in [-0.39, 0.29) is 11.8 Å². The minimum Gasteiger partial charge on any atom is -0.435 e. The number of alkyl halides is 2. The molecule has 21 heavy (non-hydrogen) atoms. The van der Waals surface area contributed by atoms with Crippen molar-refractivity contribution < 1.29 is 13.5 Å². The maximum absolute atomic E-state index is 12.1. The van der Waals surface area contributed by atoms with Gasteiger partial charge in [-0.05, 0) is 38.0 Å². The van der Waals surface area contributed by atoms with Gasteiger partial charge in [-0.3, -0.25) is 0 Å². The highest BCUT2D eigenvalue weighted by atomic mass is 19.3. The Labute approximate surface area is 126 Å². The van der Waals surface area contributed by atoms with Crippen molar-refractivity contribution in [2.24, 2.45) is 0 Å². The third-order valence-electron chi connectivity index (χ3n) is 3.63. The Hall–Kier alpha value is -1.16. The van der Waals surface area contributed by atoms with E-state index >= 15 is 0 Å². The summed E-state index contributed by atoms with van der Waals surface area (Å²) in [5.41, 5.74) is 1.08.